The van der Waals surface area contributed by atoms with Gasteiger partial charge in [-0.05, 0) is 23.8 Å². The summed E-state index contributed by atoms with van der Waals surface area (Å²) in [6.07, 6.45) is 1.48. The van der Waals surface area contributed by atoms with Gasteiger partial charge in [-0.2, -0.15) is 0 Å². The van der Waals surface area contributed by atoms with Crippen LogP contribution in [0.5, 0.6) is 11.5 Å². The Labute approximate surface area is 91.0 Å². The lowest BCUT2D eigenvalue weighted by atomic mass is 10.1. The zero-order valence-corrected chi connectivity index (χ0v) is 8.23. The number of aromatic hydroxyl groups is 2. The summed E-state index contributed by atoms with van der Waals surface area (Å²) in [6.45, 7) is 0. The molecule has 5 nitrogen and oxygen atoms in total. The fourth-order valence-electron chi connectivity index (χ4n) is 1.52. The number of benzene rings is 1. The standard InChI is InChI=1S/C11H9NO4/c13-8-2-6(3-9(14)5-8)1-7-4-10(15)12-11(7)16/h1-3,5,13-14H,4H2,(H,12,15,16)/b7-1+. The Hall–Kier alpha value is -2.30. The first kappa shape index (κ1) is 10.2. The van der Waals surface area contributed by atoms with E-state index in [9.17, 15) is 19.8 Å². The summed E-state index contributed by atoms with van der Waals surface area (Å²) in [6, 6.07) is 3.97. The molecule has 1 aliphatic heterocycles. The van der Waals surface area contributed by atoms with Crippen LogP contribution in [0.1, 0.15) is 12.0 Å². The van der Waals surface area contributed by atoms with Crippen molar-refractivity contribution < 1.29 is 19.8 Å². The maximum Gasteiger partial charge on any atom is 0.254 e. The fraction of sp³-hybridized carbons (Fsp3) is 0.0909. The predicted octanol–water partition coefficient (Wildman–Crippen LogP) is 0.528. The zero-order chi connectivity index (χ0) is 11.7. The van der Waals surface area contributed by atoms with Crippen LogP contribution in [0, 0.1) is 0 Å². The average Bonchev–Trinajstić information content (AvgIpc) is 2.43. The molecule has 3 N–H and O–H groups in total. The number of phenolic OH excluding ortho intramolecular Hbond substituents is 2. The van der Waals surface area contributed by atoms with E-state index in [-0.39, 0.29) is 23.8 Å². The van der Waals surface area contributed by atoms with Gasteiger partial charge in [0.05, 0.1) is 6.42 Å². The number of imide groups is 1. The molecule has 1 saturated heterocycles. The van der Waals surface area contributed by atoms with E-state index in [0.717, 1.165) is 0 Å². The van der Waals surface area contributed by atoms with Gasteiger partial charge in [-0.1, -0.05) is 0 Å². The molecule has 0 radical (unpaired) electrons. The van der Waals surface area contributed by atoms with Gasteiger partial charge < -0.3 is 10.2 Å². The quantitative estimate of drug-likeness (QED) is 0.475. The molecular formula is C11H9NO4. The number of carbonyl (C=O) groups excluding carboxylic acids is 2. The summed E-state index contributed by atoms with van der Waals surface area (Å²) in [4.78, 5) is 22.2. The van der Waals surface area contributed by atoms with Crippen molar-refractivity contribution in [2.45, 2.75) is 6.42 Å². The molecule has 82 valence electrons. The first-order valence-electron chi connectivity index (χ1n) is 4.62. The SMILES string of the molecule is O=C1C/C(=C\c2cc(O)cc(O)c2)C(=O)N1. The van der Waals surface area contributed by atoms with Gasteiger partial charge in [-0.15, -0.1) is 0 Å². The molecule has 0 unspecified atom stereocenters. The number of nitrogens with one attached hydrogen (secondary N) is 1. The van der Waals surface area contributed by atoms with Gasteiger partial charge in [-0.25, -0.2) is 0 Å². The van der Waals surface area contributed by atoms with Crippen molar-refractivity contribution in [1.29, 1.82) is 0 Å². The zero-order valence-electron chi connectivity index (χ0n) is 8.23. The van der Waals surface area contributed by atoms with Gasteiger partial charge in [0.25, 0.3) is 5.91 Å². The Morgan fingerprint density at radius 2 is 1.75 bits per heavy atom. The molecular weight excluding hydrogens is 210 g/mol. The molecule has 1 aromatic rings. The molecule has 0 aromatic heterocycles. The molecule has 0 bridgehead atoms. The van der Waals surface area contributed by atoms with Crippen LogP contribution in [0.3, 0.4) is 0 Å². The number of phenols is 2. The smallest absolute Gasteiger partial charge is 0.254 e. The molecule has 0 spiro atoms. The number of hydrogen-bond donors (Lipinski definition) is 3. The van der Waals surface area contributed by atoms with Gasteiger partial charge in [0.1, 0.15) is 11.5 Å². The van der Waals surface area contributed by atoms with Crippen LogP contribution in [0.15, 0.2) is 23.8 Å². The lowest BCUT2D eigenvalue weighted by Gasteiger charge is -1.99. The lowest BCUT2D eigenvalue weighted by molar-refractivity contribution is -0.124. The third-order valence-corrected chi connectivity index (χ3v) is 2.16. The van der Waals surface area contributed by atoms with Crippen LogP contribution in [0.25, 0.3) is 6.08 Å². The largest absolute Gasteiger partial charge is 0.508 e. The first-order valence-corrected chi connectivity index (χ1v) is 4.62. The van der Waals surface area contributed by atoms with E-state index in [1.165, 1.54) is 24.3 Å². The Balaban J connectivity index is 2.36. The third-order valence-electron chi connectivity index (χ3n) is 2.16. The van der Waals surface area contributed by atoms with Gasteiger partial charge in [0, 0.05) is 11.6 Å². The van der Waals surface area contributed by atoms with Gasteiger partial charge in [0.15, 0.2) is 0 Å². The molecule has 5 heteroatoms. The fourth-order valence-corrected chi connectivity index (χ4v) is 1.52. The normalized spacial score (nSPS) is 17.9. The van der Waals surface area contributed by atoms with E-state index in [1.807, 2.05) is 0 Å². The molecule has 0 saturated carbocycles. The van der Waals surface area contributed by atoms with Crippen LogP contribution in [-0.2, 0) is 9.59 Å². The summed E-state index contributed by atoms with van der Waals surface area (Å²) in [5.41, 5.74) is 0.785. The Morgan fingerprint density at radius 1 is 1.12 bits per heavy atom. The lowest BCUT2D eigenvalue weighted by Crippen LogP contribution is -2.19. The van der Waals surface area contributed by atoms with Crippen LogP contribution in [0.2, 0.25) is 0 Å². The molecule has 0 aliphatic carbocycles. The molecule has 2 rings (SSSR count). The highest BCUT2D eigenvalue weighted by Crippen LogP contribution is 2.23. The van der Waals surface area contributed by atoms with Crippen molar-refractivity contribution in [2.24, 2.45) is 0 Å². The van der Waals surface area contributed by atoms with Crippen molar-refractivity contribution in [3.63, 3.8) is 0 Å². The van der Waals surface area contributed by atoms with E-state index in [2.05, 4.69) is 5.32 Å². The highest BCUT2D eigenvalue weighted by Gasteiger charge is 2.23. The van der Waals surface area contributed by atoms with Crippen LogP contribution in [-0.4, -0.2) is 22.0 Å². The van der Waals surface area contributed by atoms with Crippen molar-refractivity contribution in [3.05, 3.63) is 29.3 Å². The molecule has 0 atom stereocenters. The van der Waals surface area contributed by atoms with E-state index < -0.39 is 5.91 Å². The predicted molar refractivity (Wildman–Crippen MR) is 55.5 cm³/mol. The summed E-state index contributed by atoms with van der Waals surface area (Å²) in [5, 5.41) is 20.6. The molecule has 1 fully saturated rings. The van der Waals surface area contributed by atoms with Gasteiger partial charge in [0.2, 0.25) is 5.91 Å². The van der Waals surface area contributed by atoms with Gasteiger partial charge >= 0.3 is 0 Å². The van der Waals surface area contributed by atoms with Crippen molar-refractivity contribution in [2.75, 3.05) is 0 Å². The summed E-state index contributed by atoms with van der Waals surface area (Å²) in [5.74, 6) is -0.985. The Bertz CT molecular complexity index is 484. The van der Waals surface area contributed by atoms with Crippen molar-refractivity contribution >= 4 is 17.9 Å². The molecule has 1 aromatic carbocycles. The van der Waals surface area contributed by atoms with Crippen LogP contribution >= 0.6 is 0 Å². The second-order valence-electron chi connectivity index (χ2n) is 3.51. The molecule has 1 heterocycles. The maximum atomic E-state index is 11.2. The van der Waals surface area contributed by atoms with E-state index in [4.69, 9.17) is 0 Å². The van der Waals surface area contributed by atoms with E-state index >= 15 is 0 Å². The first-order chi connectivity index (χ1) is 7.54. The van der Waals surface area contributed by atoms with Crippen LogP contribution < -0.4 is 5.32 Å². The van der Waals surface area contributed by atoms with Crippen molar-refractivity contribution in [3.8, 4) is 11.5 Å². The highest BCUT2D eigenvalue weighted by atomic mass is 16.3. The maximum absolute atomic E-state index is 11.2. The van der Waals surface area contributed by atoms with E-state index in [1.54, 1.807) is 0 Å². The number of amides is 2. The second-order valence-corrected chi connectivity index (χ2v) is 3.51. The molecule has 1 aliphatic rings. The number of hydrogen-bond acceptors (Lipinski definition) is 4. The third kappa shape index (κ3) is 2.03. The van der Waals surface area contributed by atoms with Crippen LogP contribution in [0.4, 0.5) is 0 Å². The topological polar surface area (TPSA) is 86.6 Å². The van der Waals surface area contributed by atoms with Crippen molar-refractivity contribution in [1.82, 2.24) is 5.32 Å². The van der Waals surface area contributed by atoms with Gasteiger partial charge in [-0.3, -0.25) is 14.9 Å². The molecule has 2 amide bonds. The number of rotatable bonds is 1. The summed E-state index contributed by atoms with van der Waals surface area (Å²) < 4.78 is 0. The minimum absolute atomic E-state index is 0.0231. The summed E-state index contributed by atoms with van der Waals surface area (Å²) >= 11 is 0. The second kappa shape index (κ2) is 3.69. The number of carbonyl (C=O) groups is 2. The minimum Gasteiger partial charge on any atom is -0.508 e. The minimum atomic E-state index is -0.437. The highest BCUT2D eigenvalue weighted by molar-refractivity contribution is 6.15. The average molecular weight is 219 g/mol. The Kier molecular flexibility index (Phi) is 2.36. The van der Waals surface area contributed by atoms with E-state index in [0.29, 0.717) is 11.1 Å². The summed E-state index contributed by atoms with van der Waals surface area (Å²) in [7, 11) is 0. The molecule has 16 heavy (non-hydrogen) atoms. The Morgan fingerprint density at radius 3 is 2.25 bits per heavy atom. The monoisotopic (exact) mass is 219 g/mol.